The van der Waals surface area contributed by atoms with E-state index in [1.807, 2.05) is 6.92 Å². The molecular formula is C25H31ClFN5O3. The zero-order chi connectivity index (χ0) is 25.3. The molecule has 1 amide bonds. The number of nitrogens with one attached hydrogen (secondary N) is 3. The van der Waals surface area contributed by atoms with Crippen molar-refractivity contribution < 1.29 is 18.7 Å². The largest absolute Gasteiger partial charge is 0.491 e. The van der Waals surface area contributed by atoms with Gasteiger partial charge in [0.05, 0.1) is 41.2 Å². The number of ether oxygens (including phenoxy) is 2. The van der Waals surface area contributed by atoms with Gasteiger partial charge < -0.3 is 30.4 Å². The average Bonchev–Trinajstić information content (AvgIpc) is 3.43. The van der Waals surface area contributed by atoms with E-state index in [1.165, 1.54) is 23.1 Å². The third-order valence-electron chi connectivity index (χ3n) is 6.64. The van der Waals surface area contributed by atoms with Crippen molar-refractivity contribution in [1.29, 1.82) is 5.41 Å². The van der Waals surface area contributed by atoms with Crippen molar-refractivity contribution in [3.63, 3.8) is 0 Å². The Hall–Kier alpha value is -2.75. The van der Waals surface area contributed by atoms with Crippen molar-refractivity contribution in [2.75, 3.05) is 26.8 Å². The summed E-state index contributed by atoms with van der Waals surface area (Å²) >= 11 is 6.21. The predicted octanol–water partition coefficient (Wildman–Crippen LogP) is 3.58. The van der Waals surface area contributed by atoms with Crippen LogP contribution in [0.1, 0.15) is 44.0 Å². The van der Waals surface area contributed by atoms with E-state index in [2.05, 4.69) is 22.5 Å². The van der Waals surface area contributed by atoms with Crippen LogP contribution in [-0.4, -0.2) is 67.2 Å². The van der Waals surface area contributed by atoms with Crippen LogP contribution in [0.2, 0.25) is 0 Å². The monoisotopic (exact) mass is 503 g/mol. The van der Waals surface area contributed by atoms with E-state index in [1.54, 1.807) is 14.0 Å². The Bertz CT molecular complexity index is 1120. The molecule has 3 N–H and O–H groups in total. The van der Waals surface area contributed by atoms with Crippen LogP contribution in [0.3, 0.4) is 0 Å². The molecule has 3 heterocycles. The number of aliphatic imine (C=N–C) groups is 1. The SMILES string of the molecule is CCC1NC(COc2cc(F)ccc2C(=O)N2CC(=N)/C(=C3/N=C(C)C(Cl)=C(C)N3)C2)CC1OC. The van der Waals surface area contributed by atoms with E-state index in [4.69, 9.17) is 26.5 Å². The fraction of sp³-hybridized carbons (Fsp3) is 0.480. The van der Waals surface area contributed by atoms with Crippen molar-refractivity contribution in [2.45, 2.75) is 51.8 Å². The Labute approximate surface area is 209 Å². The van der Waals surface area contributed by atoms with Crippen LogP contribution in [0, 0.1) is 11.2 Å². The van der Waals surface area contributed by atoms with Crippen LogP contribution in [0.15, 0.2) is 45.3 Å². The smallest absolute Gasteiger partial charge is 0.258 e. The molecule has 0 bridgehead atoms. The number of nitrogens with zero attached hydrogens (tertiary/aromatic N) is 2. The highest BCUT2D eigenvalue weighted by molar-refractivity contribution is 6.43. The van der Waals surface area contributed by atoms with Crippen LogP contribution in [0.4, 0.5) is 4.39 Å². The molecule has 0 aromatic heterocycles. The first-order valence-electron chi connectivity index (χ1n) is 11.7. The Balaban J connectivity index is 1.50. The second kappa shape index (κ2) is 10.5. The number of benzene rings is 1. The number of likely N-dealkylation sites (tertiary alicyclic amines) is 1. The highest BCUT2D eigenvalue weighted by Gasteiger charge is 2.34. The number of carbonyl (C=O) groups is 1. The molecule has 3 atom stereocenters. The molecule has 0 spiro atoms. The van der Waals surface area contributed by atoms with Gasteiger partial charge >= 0.3 is 0 Å². The number of carbonyl (C=O) groups excluding carboxylic acids is 1. The van der Waals surface area contributed by atoms with Gasteiger partial charge in [-0.25, -0.2) is 9.38 Å². The molecule has 10 heteroatoms. The summed E-state index contributed by atoms with van der Waals surface area (Å²) < 4.78 is 25.6. The summed E-state index contributed by atoms with van der Waals surface area (Å²) in [6.07, 6.45) is 1.80. The number of hydrogen-bond acceptors (Lipinski definition) is 7. The summed E-state index contributed by atoms with van der Waals surface area (Å²) in [5, 5.41) is 15.6. The molecule has 4 rings (SSSR count). The third-order valence-corrected chi connectivity index (χ3v) is 7.20. The zero-order valence-electron chi connectivity index (χ0n) is 20.4. The number of rotatable bonds is 6. The van der Waals surface area contributed by atoms with Crippen molar-refractivity contribution in [2.24, 2.45) is 4.99 Å². The quantitative estimate of drug-likeness (QED) is 0.551. The minimum absolute atomic E-state index is 0.0361. The van der Waals surface area contributed by atoms with Gasteiger partial charge in [-0.05, 0) is 38.8 Å². The normalized spacial score (nSPS) is 26.8. The van der Waals surface area contributed by atoms with Gasteiger partial charge in [-0.15, -0.1) is 0 Å². The minimum atomic E-state index is -0.482. The molecule has 1 aromatic carbocycles. The van der Waals surface area contributed by atoms with Crippen LogP contribution in [0.5, 0.6) is 5.75 Å². The van der Waals surface area contributed by atoms with Gasteiger partial charge in [0.15, 0.2) is 0 Å². The summed E-state index contributed by atoms with van der Waals surface area (Å²) in [5.74, 6) is -0.105. The number of hydrogen-bond donors (Lipinski definition) is 3. The fourth-order valence-electron chi connectivity index (χ4n) is 4.71. The first kappa shape index (κ1) is 25.3. The van der Waals surface area contributed by atoms with Gasteiger partial charge in [-0.3, -0.25) is 4.79 Å². The van der Waals surface area contributed by atoms with Gasteiger partial charge in [-0.1, -0.05) is 18.5 Å². The van der Waals surface area contributed by atoms with E-state index in [-0.39, 0.29) is 55.1 Å². The molecule has 35 heavy (non-hydrogen) atoms. The average molecular weight is 504 g/mol. The highest BCUT2D eigenvalue weighted by Crippen LogP contribution is 2.28. The Morgan fingerprint density at radius 2 is 2.11 bits per heavy atom. The maximum absolute atomic E-state index is 14.1. The van der Waals surface area contributed by atoms with Gasteiger partial charge in [0.25, 0.3) is 5.91 Å². The second-order valence-corrected chi connectivity index (χ2v) is 9.45. The fourth-order valence-corrected chi connectivity index (χ4v) is 4.80. The van der Waals surface area contributed by atoms with E-state index in [0.717, 1.165) is 18.5 Å². The Morgan fingerprint density at radius 3 is 2.77 bits per heavy atom. The number of methoxy groups -OCH3 is 1. The molecule has 2 fully saturated rings. The molecule has 0 saturated carbocycles. The molecule has 0 radical (unpaired) electrons. The molecule has 0 aliphatic carbocycles. The zero-order valence-corrected chi connectivity index (χ0v) is 21.1. The number of halogens is 2. The summed E-state index contributed by atoms with van der Waals surface area (Å²) in [7, 11) is 1.69. The van der Waals surface area contributed by atoms with Crippen LogP contribution < -0.4 is 15.4 Å². The van der Waals surface area contributed by atoms with Gasteiger partial charge in [0, 0.05) is 36.5 Å². The summed E-state index contributed by atoms with van der Waals surface area (Å²) in [5.41, 5.74) is 2.57. The standard InChI is InChI=1S/C25H31ClFN5O3/c1-5-20-22(34-4)9-16(31-20)12-35-21-8-15(27)6-7-17(21)25(33)32-10-18(19(28)11-32)24-29-13(2)23(26)14(3)30-24/h6-8,16,20,22,28-29,31H,5,9-12H2,1-4H3/b24-18+,28-19?. The summed E-state index contributed by atoms with van der Waals surface area (Å²) in [4.78, 5) is 19.4. The first-order chi connectivity index (χ1) is 16.7. The van der Waals surface area contributed by atoms with Crippen LogP contribution in [-0.2, 0) is 4.74 Å². The highest BCUT2D eigenvalue weighted by atomic mass is 35.5. The maximum Gasteiger partial charge on any atom is 0.258 e. The Kier molecular flexibility index (Phi) is 7.59. The summed E-state index contributed by atoms with van der Waals surface area (Å²) in [6.45, 7) is 6.34. The lowest BCUT2D eigenvalue weighted by atomic mass is 10.1. The molecule has 2 saturated heterocycles. The van der Waals surface area contributed by atoms with Crippen LogP contribution >= 0.6 is 11.6 Å². The topological polar surface area (TPSA) is 99.0 Å². The number of allylic oxidation sites excluding steroid dienone is 2. The first-order valence-corrected chi connectivity index (χ1v) is 12.1. The van der Waals surface area contributed by atoms with Gasteiger partial charge in [-0.2, -0.15) is 0 Å². The van der Waals surface area contributed by atoms with Crippen molar-refractivity contribution in [3.8, 4) is 5.75 Å². The molecule has 8 nitrogen and oxygen atoms in total. The predicted molar refractivity (Wildman–Crippen MR) is 134 cm³/mol. The second-order valence-electron chi connectivity index (χ2n) is 9.07. The number of amides is 1. The lowest BCUT2D eigenvalue weighted by molar-refractivity contribution is 0.0797. The van der Waals surface area contributed by atoms with E-state index < -0.39 is 5.82 Å². The molecule has 3 aliphatic rings. The Morgan fingerprint density at radius 1 is 1.34 bits per heavy atom. The lowest BCUT2D eigenvalue weighted by Crippen LogP contribution is -2.36. The van der Waals surface area contributed by atoms with E-state index >= 15 is 0 Å². The summed E-state index contributed by atoms with van der Waals surface area (Å²) in [6, 6.07) is 4.19. The van der Waals surface area contributed by atoms with Crippen molar-refractivity contribution in [3.05, 3.63) is 51.7 Å². The van der Waals surface area contributed by atoms with Gasteiger partial charge in [0.1, 0.15) is 24.0 Å². The van der Waals surface area contributed by atoms with Gasteiger partial charge in [0.2, 0.25) is 0 Å². The van der Waals surface area contributed by atoms with Crippen molar-refractivity contribution in [1.82, 2.24) is 15.5 Å². The minimum Gasteiger partial charge on any atom is -0.491 e. The molecule has 1 aromatic rings. The van der Waals surface area contributed by atoms with E-state index in [0.29, 0.717) is 27.8 Å². The van der Waals surface area contributed by atoms with E-state index in [9.17, 15) is 9.18 Å². The third kappa shape index (κ3) is 5.27. The lowest BCUT2D eigenvalue weighted by Gasteiger charge is -2.20. The molecule has 188 valence electrons. The van der Waals surface area contributed by atoms with Crippen LogP contribution in [0.25, 0.3) is 0 Å². The molecular weight excluding hydrogens is 473 g/mol. The molecule has 3 aliphatic heterocycles. The van der Waals surface area contributed by atoms with Crippen molar-refractivity contribution >= 4 is 28.9 Å². The maximum atomic E-state index is 14.1. The molecule has 3 unspecified atom stereocenters.